The van der Waals surface area contributed by atoms with Crippen LogP contribution in [0, 0.1) is 0 Å². The summed E-state index contributed by atoms with van der Waals surface area (Å²) >= 11 is 13.7. The van der Waals surface area contributed by atoms with Crippen molar-refractivity contribution in [3.63, 3.8) is 0 Å². The zero-order chi connectivity index (χ0) is 21.8. The maximum atomic E-state index is 13.1. The highest BCUT2D eigenvalue weighted by Gasteiger charge is 2.20. The SMILES string of the molecule is CCOC(=O)Cn1c(=NC(=O)c2c(OC)cccc2OC)sc2cc(Cl)cc(Cl)c21. The second-order valence-corrected chi connectivity index (χ2v) is 7.82. The Kier molecular flexibility index (Phi) is 7.02. The van der Waals surface area contributed by atoms with E-state index in [0.29, 0.717) is 31.8 Å². The van der Waals surface area contributed by atoms with E-state index >= 15 is 0 Å². The van der Waals surface area contributed by atoms with Gasteiger partial charge in [0.15, 0.2) is 4.80 Å². The molecule has 30 heavy (non-hydrogen) atoms. The van der Waals surface area contributed by atoms with E-state index in [1.54, 1.807) is 37.3 Å². The second kappa shape index (κ2) is 9.51. The molecule has 10 heteroatoms. The number of aromatic nitrogens is 1. The third kappa shape index (κ3) is 4.45. The molecule has 0 aliphatic heterocycles. The normalized spacial score (nSPS) is 11.6. The van der Waals surface area contributed by atoms with E-state index in [0.717, 1.165) is 0 Å². The van der Waals surface area contributed by atoms with Crippen molar-refractivity contribution >= 4 is 56.6 Å². The smallest absolute Gasteiger partial charge is 0.326 e. The molecule has 2 aromatic carbocycles. The van der Waals surface area contributed by atoms with Crippen molar-refractivity contribution < 1.29 is 23.8 Å². The number of nitrogens with zero attached hydrogens (tertiary/aromatic N) is 2. The highest BCUT2D eigenvalue weighted by Crippen LogP contribution is 2.31. The van der Waals surface area contributed by atoms with Gasteiger partial charge in [0.1, 0.15) is 23.6 Å². The van der Waals surface area contributed by atoms with Crippen LogP contribution in [-0.2, 0) is 16.1 Å². The minimum absolute atomic E-state index is 0.162. The molecule has 0 saturated heterocycles. The quantitative estimate of drug-likeness (QED) is 0.503. The van der Waals surface area contributed by atoms with Gasteiger partial charge in [-0.2, -0.15) is 4.99 Å². The highest BCUT2D eigenvalue weighted by atomic mass is 35.5. The minimum atomic E-state index is -0.587. The third-order valence-electron chi connectivity index (χ3n) is 4.13. The molecular weight excluding hydrogens is 451 g/mol. The maximum absolute atomic E-state index is 13.1. The number of hydrogen-bond acceptors (Lipinski definition) is 6. The highest BCUT2D eigenvalue weighted by molar-refractivity contribution is 7.16. The molecule has 1 amide bonds. The number of methoxy groups -OCH3 is 2. The molecule has 3 aromatic rings. The molecular formula is C20H18Cl2N2O5S. The third-order valence-corrected chi connectivity index (χ3v) is 5.66. The Labute approximate surface area is 186 Å². The molecule has 158 valence electrons. The van der Waals surface area contributed by atoms with E-state index < -0.39 is 11.9 Å². The molecule has 1 heterocycles. The maximum Gasteiger partial charge on any atom is 0.326 e. The van der Waals surface area contributed by atoms with Crippen LogP contribution >= 0.6 is 34.5 Å². The number of carbonyl (C=O) groups is 2. The first-order chi connectivity index (χ1) is 14.4. The molecule has 0 bridgehead atoms. The van der Waals surface area contributed by atoms with Crippen LogP contribution in [0.15, 0.2) is 35.3 Å². The summed E-state index contributed by atoms with van der Waals surface area (Å²) in [6, 6.07) is 8.24. The van der Waals surface area contributed by atoms with Gasteiger partial charge in [0.2, 0.25) is 0 Å². The number of esters is 1. The van der Waals surface area contributed by atoms with Gasteiger partial charge < -0.3 is 18.8 Å². The Morgan fingerprint density at radius 2 is 1.80 bits per heavy atom. The molecule has 3 rings (SSSR count). The molecule has 0 aliphatic rings. The van der Waals surface area contributed by atoms with Crippen molar-refractivity contribution in [2.24, 2.45) is 4.99 Å². The number of ether oxygens (including phenoxy) is 3. The predicted molar refractivity (Wildman–Crippen MR) is 116 cm³/mol. The molecule has 0 saturated carbocycles. The largest absolute Gasteiger partial charge is 0.496 e. The van der Waals surface area contributed by atoms with Gasteiger partial charge in [-0.05, 0) is 31.2 Å². The first-order valence-electron chi connectivity index (χ1n) is 8.83. The van der Waals surface area contributed by atoms with Crippen LogP contribution in [0.4, 0.5) is 0 Å². The number of amides is 1. The van der Waals surface area contributed by atoms with Crippen LogP contribution in [0.3, 0.4) is 0 Å². The minimum Gasteiger partial charge on any atom is -0.496 e. The van der Waals surface area contributed by atoms with Crippen LogP contribution in [0.1, 0.15) is 17.3 Å². The zero-order valence-corrected chi connectivity index (χ0v) is 18.7. The molecule has 0 radical (unpaired) electrons. The number of halogens is 2. The Morgan fingerprint density at radius 1 is 1.13 bits per heavy atom. The Balaban J connectivity index is 2.22. The second-order valence-electron chi connectivity index (χ2n) is 5.96. The van der Waals surface area contributed by atoms with Crippen LogP contribution in [0.2, 0.25) is 10.0 Å². The Morgan fingerprint density at radius 3 is 2.40 bits per heavy atom. The summed E-state index contributed by atoms with van der Waals surface area (Å²) in [6.45, 7) is 1.78. The first kappa shape index (κ1) is 22.1. The van der Waals surface area contributed by atoms with Gasteiger partial charge >= 0.3 is 5.97 Å². The van der Waals surface area contributed by atoms with E-state index in [4.69, 9.17) is 37.4 Å². The van der Waals surface area contributed by atoms with Crippen LogP contribution in [0.25, 0.3) is 10.2 Å². The van der Waals surface area contributed by atoms with Crippen molar-refractivity contribution in [3.8, 4) is 11.5 Å². The summed E-state index contributed by atoms with van der Waals surface area (Å²) in [6.07, 6.45) is 0. The fourth-order valence-electron chi connectivity index (χ4n) is 2.90. The average Bonchev–Trinajstić information content (AvgIpc) is 3.03. The molecule has 0 spiro atoms. The van der Waals surface area contributed by atoms with Crippen molar-refractivity contribution in [1.82, 2.24) is 4.57 Å². The van der Waals surface area contributed by atoms with Gasteiger partial charge in [-0.3, -0.25) is 9.59 Å². The zero-order valence-electron chi connectivity index (χ0n) is 16.4. The lowest BCUT2D eigenvalue weighted by Gasteiger charge is -2.10. The summed E-state index contributed by atoms with van der Waals surface area (Å²) in [7, 11) is 2.90. The van der Waals surface area contributed by atoms with E-state index in [1.807, 2.05) is 0 Å². The van der Waals surface area contributed by atoms with Gasteiger partial charge in [-0.1, -0.05) is 40.6 Å². The number of fused-ring (bicyclic) bond motifs is 1. The number of hydrogen-bond donors (Lipinski definition) is 0. The Bertz CT molecular complexity index is 1160. The predicted octanol–water partition coefficient (Wildman–Crippen LogP) is 4.33. The number of carbonyl (C=O) groups excluding carboxylic acids is 2. The summed E-state index contributed by atoms with van der Waals surface area (Å²) in [5.74, 6) is -0.424. The van der Waals surface area contributed by atoms with Crippen molar-refractivity contribution in [2.45, 2.75) is 13.5 Å². The number of rotatable bonds is 6. The van der Waals surface area contributed by atoms with Crippen LogP contribution in [0.5, 0.6) is 11.5 Å². The van der Waals surface area contributed by atoms with Crippen molar-refractivity contribution in [3.05, 3.63) is 50.7 Å². The van der Waals surface area contributed by atoms with E-state index in [9.17, 15) is 9.59 Å². The van der Waals surface area contributed by atoms with Crippen molar-refractivity contribution in [2.75, 3.05) is 20.8 Å². The van der Waals surface area contributed by atoms with Crippen LogP contribution < -0.4 is 14.3 Å². The molecule has 0 aliphatic carbocycles. The van der Waals surface area contributed by atoms with Crippen molar-refractivity contribution in [1.29, 1.82) is 0 Å². The summed E-state index contributed by atoms with van der Waals surface area (Å²) in [5, 5.41) is 0.767. The fourth-order valence-corrected chi connectivity index (χ4v) is 4.71. The van der Waals surface area contributed by atoms with E-state index in [-0.39, 0.29) is 23.5 Å². The van der Waals surface area contributed by atoms with E-state index in [1.165, 1.54) is 30.1 Å². The summed E-state index contributed by atoms with van der Waals surface area (Å²) in [4.78, 5) is 29.7. The Hall–Kier alpha value is -2.55. The summed E-state index contributed by atoms with van der Waals surface area (Å²) < 4.78 is 17.8. The molecule has 0 N–H and O–H groups in total. The van der Waals surface area contributed by atoms with Gasteiger partial charge in [0.05, 0.1) is 36.1 Å². The molecule has 0 unspecified atom stereocenters. The van der Waals surface area contributed by atoms with Gasteiger partial charge in [0.25, 0.3) is 5.91 Å². The fraction of sp³-hybridized carbons (Fsp3) is 0.250. The van der Waals surface area contributed by atoms with Gasteiger partial charge in [-0.15, -0.1) is 0 Å². The lowest BCUT2D eigenvalue weighted by atomic mass is 10.1. The summed E-state index contributed by atoms with van der Waals surface area (Å²) in [5.41, 5.74) is 0.712. The average molecular weight is 469 g/mol. The molecule has 1 aromatic heterocycles. The first-order valence-corrected chi connectivity index (χ1v) is 10.4. The van der Waals surface area contributed by atoms with Crippen LogP contribution in [-0.4, -0.2) is 37.3 Å². The standard InChI is InChI=1S/C20H18Cl2N2O5S/c1-4-29-16(25)10-24-18-12(22)8-11(21)9-15(18)30-20(24)23-19(26)17-13(27-2)6-5-7-14(17)28-3/h5-9H,4,10H2,1-3H3. The van der Waals surface area contributed by atoms with E-state index in [2.05, 4.69) is 4.99 Å². The molecule has 7 nitrogen and oxygen atoms in total. The van der Waals surface area contributed by atoms with Gasteiger partial charge in [-0.25, -0.2) is 0 Å². The molecule has 0 atom stereocenters. The molecule has 0 fully saturated rings. The topological polar surface area (TPSA) is 79.1 Å². The van der Waals surface area contributed by atoms with Gasteiger partial charge in [0, 0.05) is 5.02 Å². The lowest BCUT2D eigenvalue weighted by molar-refractivity contribution is -0.143. The monoisotopic (exact) mass is 468 g/mol. The lowest BCUT2D eigenvalue weighted by Crippen LogP contribution is -2.23. The number of benzene rings is 2. The number of thiazole rings is 1.